The summed E-state index contributed by atoms with van der Waals surface area (Å²) < 4.78 is 5.41. The van der Waals surface area contributed by atoms with Crippen LogP contribution in [0.2, 0.25) is 10.0 Å². The van der Waals surface area contributed by atoms with Gasteiger partial charge in [-0.1, -0.05) is 23.2 Å². The highest BCUT2D eigenvalue weighted by Crippen LogP contribution is 2.42. The third-order valence-corrected chi connectivity index (χ3v) is 4.00. The van der Waals surface area contributed by atoms with Crippen molar-refractivity contribution in [3.05, 3.63) is 34.6 Å². The zero-order valence-electron chi connectivity index (χ0n) is 12.3. The monoisotopic (exact) mass is 336 g/mol. The first-order valence-corrected chi connectivity index (χ1v) is 7.50. The predicted octanol–water partition coefficient (Wildman–Crippen LogP) is 4.97. The van der Waals surface area contributed by atoms with E-state index in [0.29, 0.717) is 10.5 Å². The summed E-state index contributed by atoms with van der Waals surface area (Å²) in [6.45, 7) is 5.30. The second-order valence-electron chi connectivity index (χ2n) is 6.11. The topological polar surface area (TPSA) is 55.0 Å². The minimum absolute atomic E-state index is 0.176. The van der Waals surface area contributed by atoms with Crippen LogP contribution in [0.25, 0.3) is 21.8 Å². The summed E-state index contributed by atoms with van der Waals surface area (Å²) in [5, 5.41) is 2.41. The number of H-pyrrole nitrogens is 1. The lowest BCUT2D eigenvalue weighted by Crippen LogP contribution is -2.25. The molecule has 1 N–H and O–H groups in total. The third-order valence-electron chi connectivity index (χ3n) is 3.35. The van der Waals surface area contributed by atoms with E-state index >= 15 is 0 Å². The van der Waals surface area contributed by atoms with Gasteiger partial charge in [0.05, 0.1) is 27.7 Å². The number of nitrogens with one attached hydrogen (secondary N) is 1. The third kappa shape index (κ3) is 2.42. The van der Waals surface area contributed by atoms with Crippen LogP contribution in [0, 0.1) is 5.41 Å². The van der Waals surface area contributed by atoms with Crippen molar-refractivity contribution in [1.29, 1.82) is 0 Å². The quantitative estimate of drug-likeness (QED) is 0.504. The van der Waals surface area contributed by atoms with Gasteiger partial charge in [-0.3, -0.25) is 9.78 Å². The predicted molar refractivity (Wildman–Crippen MR) is 88.7 cm³/mol. The number of benzene rings is 1. The van der Waals surface area contributed by atoms with Crippen LogP contribution in [-0.2, 0) is 4.79 Å². The molecule has 0 saturated carbocycles. The Kier molecular flexibility index (Phi) is 3.54. The summed E-state index contributed by atoms with van der Waals surface area (Å²) in [5.41, 5.74) is 0.868. The minimum atomic E-state index is -0.647. The summed E-state index contributed by atoms with van der Waals surface area (Å²) in [5.74, 6) is -0.219. The van der Waals surface area contributed by atoms with E-state index < -0.39 is 11.4 Å². The van der Waals surface area contributed by atoms with E-state index in [2.05, 4.69) is 9.97 Å². The highest BCUT2D eigenvalue weighted by molar-refractivity contribution is 6.42. The molecule has 0 fully saturated rings. The van der Waals surface area contributed by atoms with Gasteiger partial charge in [0, 0.05) is 17.0 Å². The van der Waals surface area contributed by atoms with Crippen LogP contribution in [0.5, 0.6) is 5.75 Å². The van der Waals surface area contributed by atoms with E-state index in [0.717, 1.165) is 16.3 Å². The number of ether oxygens (including phenoxy) is 1. The first-order chi connectivity index (χ1) is 10.3. The Morgan fingerprint density at radius 1 is 1.27 bits per heavy atom. The fraction of sp³-hybridized carbons (Fsp3) is 0.250. The summed E-state index contributed by atoms with van der Waals surface area (Å²) in [6.07, 6.45) is 3.41. The zero-order valence-corrected chi connectivity index (χ0v) is 13.8. The average Bonchev–Trinajstić information content (AvgIpc) is 2.81. The Morgan fingerprint density at radius 3 is 2.68 bits per heavy atom. The Balaban J connectivity index is 2.20. The average molecular weight is 337 g/mol. The van der Waals surface area contributed by atoms with Crippen molar-refractivity contribution < 1.29 is 9.53 Å². The SMILES string of the molecule is CC(C)(C)C(=O)Oc1c(Cl)cc2c([nH]c3cnccc32)c1Cl. The number of esters is 1. The van der Waals surface area contributed by atoms with Crippen LogP contribution < -0.4 is 4.74 Å². The molecule has 0 unspecified atom stereocenters. The first kappa shape index (κ1) is 15.1. The first-order valence-electron chi connectivity index (χ1n) is 6.74. The molecule has 0 bridgehead atoms. The molecule has 3 aromatic rings. The lowest BCUT2D eigenvalue weighted by molar-refractivity contribution is -0.142. The van der Waals surface area contributed by atoms with Gasteiger partial charge in [0.2, 0.25) is 0 Å². The largest absolute Gasteiger partial charge is 0.423 e. The molecule has 0 saturated heterocycles. The van der Waals surface area contributed by atoms with E-state index in [-0.39, 0.29) is 10.8 Å². The van der Waals surface area contributed by atoms with Gasteiger partial charge in [0.25, 0.3) is 0 Å². The molecule has 114 valence electrons. The maximum absolute atomic E-state index is 12.1. The van der Waals surface area contributed by atoms with Gasteiger partial charge in [-0.25, -0.2) is 0 Å². The Bertz CT molecular complexity index is 894. The van der Waals surface area contributed by atoms with Crippen molar-refractivity contribution >= 4 is 51.0 Å². The van der Waals surface area contributed by atoms with E-state index in [1.807, 2.05) is 6.07 Å². The molecular formula is C16H14Cl2N2O2. The Morgan fingerprint density at radius 2 is 2.00 bits per heavy atom. The van der Waals surface area contributed by atoms with Gasteiger partial charge in [0.15, 0.2) is 5.75 Å². The van der Waals surface area contributed by atoms with Crippen molar-refractivity contribution in [1.82, 2.24) is 9.97 Å². The van der Waals surface area contributed by atoms with Crippen LogP contribution in [0.4, 0.5) is 0 Å². The Labute approximate surface area is 137 Å². The second kappa shape index (κ2) is 5.14. The molecule has 0 aliphatic carbocycles. The number of halogens is 2. The highest BCUT2D eigenvalue weighted by Gasteiger charge is 2.26. The Hall–Kier alpha value is -1.78. The fourth-order valence-corrected chi connectivity index (χ4v) is 2.72. The number of carbonyl (C=O) groups excluding carboxylic acids is 1. The number of rotatable bonds is 1. The van der Waals surface area contributed by atoms with Gasteiger partial charge >= 0.3 is 5.97 Å². The van der Waals surface area contributed by atoms with Gasteiger partial charge in [0.1, 0.15) is 5.02 Å². The number of nitrogens with zero attached hydrogens (tertiary/aromatic N) is 1. The summed E-state index contributed by atoms with van der Waals surface area (Å²) in [7, 11) is 0. The molecule has 6 heteroatoms. The molecule has 0 spiro atoms. The molecule has 4 nitrogen and oxygen atoms in total. The van der Waals surface area contributed by atoms with E-state index in [1.54, 1.807) is 39.2 Å². The molecular weight excluding hydrogens is 323 g/mol. The maximum Gasteiger partial charge on any atom is 0.316 e. The van der Waals surface area contributed by atoms with Crippen molar-refractivity contribution in [2.45, 2.75) is 20.8 Å². The van der Waals surface area contributed by atoms with Crippen molar-refractivity contribution in [3.8, 4) is 5.75 Å². The maximum atomic E-state index is 12.1. The summed E-state index contributed by atoms with van der Waals surface area (Å²) in [4.78, 5) is 19.3. The standard InChI is InChI=1S/C16H14Cl2N2O2/c1-16(2,3)15(21)22-14-10(17)6-9-8-4-5-19-7-11(8)20-13(9)12(14)18/h4-7,20H,1-3H3. The molecule has 2 heterocycles. The van der Waals surface area contributed by atoms with E-state index in [1.165, 1.54) is 0 Å². The number of aromatic nitrogens is 2. The smallest absolute Gasteiger partial charge is 0.316 e. The molecule has 0 radical (unpaired) electrons. The van der Waals surface area contributed by atoms with Gasteiger partial charge in [-0.05, 0) is 32.9 Å². The molecule has 0 amide bonds. The minimum Gasteiger partial charge on any atom is -0.423 e. The summed E-state index contributed by atoms with van der Waals surface area (Å²) >= 11 is 12.7. The fourth-order valence-electron chi connectivity index (χ4n) is 2.14. The van der Waals surface area contributed by atoms with Crippen molar-refractivity contribution in [2.75, 3.05) is 0 Å². The number of hydrogen-bond donors (Lipinski definition) is 1. The van der Waals surface area contributed by atoms with Crippen LogP contribution in [0.15, 0.2) is 24.5 Å². The number of fused-ring (bicyclic) bond motifs is 3. The lowest BCUT2D eigenvalue weighted by atomic mass is 9.97. The lowest BCUT2D eigenvalue weighted by Gasteiger charge is -2.17. The second-order valence-corrected chi connectivity index (χ2v) is 6.89. The molecule has 0 aliphatic rings. The van der Waals surface area contributed by atoms with Crippen LogP contribution >= 0.6 is 23.2 Å². The van der Waals surface area contributed by atoms with Crippen LogP contribution in [-0.4, -0.2) is 15.9 Å². The molecule has 1 aromatic carbocycles. The number of aromatic amines is 1. The van der Waals surface area contributed by atoms with E-state index in [4.69, 9.17) is 27.9 Å². The van der Waals surface area contributed by atoms with E-state index in [9.17, 15) is 4.79 Å². The molecule has 0 atom stereocenters. The summed E-state index contributed by atoms with van der Waals surface area (Å²) in [6, 6.07) is 3.62. The number of hydrogen-bond acceptors (Lipinski definition) is 3. The van der Waals surface area contributed by atoms with Crippen LogP contribution in [0.3, 0.4) is 0 Å². The van der Waals surface area contributed by atoms with Crippen molar-refractivity contribution in [3.63, 3.8) is 0 Å². The highest BCUT2D eigenvalue weighted by atomic mass is 35.5. The molecule has 22 heavy (non-hydrogen) atoms. The van der Waals surface area contributed by atoms with Crippen molar-refractivity contribution in [2.24, 2.45) is 5.41 Å². The van der Waals surface area contributed by atoms with Gasteiger partial charge in [-0.2, -0.15) is 0 Å². The van der Waals surface area contributed by atoms with Gasteiger partial charge in [-0.15, -0.1) is 0 Å². The molecule has 3 rings (SSSR count). The molecule has 2 aromatic heterocycles. The van der Waals surface area contributed by atoms with Gasteiger partial charge < -0.3 is 9.72 Å². The normalized spacial score (nSPS) is 12.0. The number of carbonyl (C=O) groups is 1. The zero-order chi connectivity index (χ0) is 16.1. The molecule has 0 aliphatic heterocycles. The van der Waals surface area contributed by atoms with Crippen LogP contribution in [0.1, 0.15) is 20.8 Å². The number of pyridine rings is 1.